The van der Waals surface area contributed by atoms with E-state index < -0.39 is 0 Å². The SMILES string of the molecule is CCCCCCCCCCCCCCC(CCC)COC(=O)C(C)CCCCCC. The third-order valence-electron chi connectivity index (χ3n) is 6.52. The highest BCUT2D eigenvalue weighted by atomic mass is 16.5. The van der Waals surface area contributed by atoms with Crippen LogP contribution < -0.4 is 0 Å². The molecule has 0 heterocycles. The molecule has 0 aliphatic rings. The fourth-order valence-electron chi connectivity index (χ4n) is 4.33. The Bertz CT molecular complexity index is 353. The lowest BCUT2D eigenvalue weighted by molar-refractivity contribution is -0.149. The van der Waals surface area contributed by atoms with Crippen molar-refractivity contribution in [1.82, 2.24) is 0 Å². The minimum Gasteiger partial charge on any atom is -0.465 e. The number of rotatable bonds is 23. The molecule has 0 aliphatic heterocycles. The van der Waals surface area contributed by atoms with Crippen molar-refractivity contribution in [2.24, 2.45) is 11.8 Å². The Hall–Kier alpha value is -0.530. The molecule has 2 nitrogen and oxygen atoms in total. The average molecular weight is 425 g/mol. The number of unbranched alkanes of at least 4 members (excludes halogenated alkanes) is 14. The monoisotopic (exact) mass is 424 g/mol. The molecule has 0 aromatic rings. The maximum atomic E-state index is 12.3. The highest BCUT2D eigenvalue weighted by Gasteiger charge is 2.16. The molecule has 0 aromatic heterocycles. The molecular weight excluding hydrogens is 368 g/mol. The summed E-state index contributed by atoms with van der Waals surface area (Å²) in [5.74, 6) is 0.660. The summed E-state index contributed by atoms with van der Waals surface area (Å²) in [5.41, 5.74) is 0. The third-order valence-corrected chi connectivity index (χ3v) is 6.52. The number of hydrogen-bond donors (Lipinski definition) is 0. The summed E-state index contributed by atoms with van der Waals surface area (Å²) in [4.78, 5) is 12.3. The van der Waals surface area contributed by atoms with Gasteiger partial charge in [0.2, 0.25) is 0 Å². The molecule has 0 aliphatic carbocycles. The minimum absolute atomic E-state index is 0.0299. The van der Waals surface area contributed by atoms with Gasteiger partial charge < -0.3 is 4.74 Å². The van der Waals surface area contributed by atoms with Gasteiger partial charge in [0.15, 0.2) is 0 Å². The van der Waals surface area contributed by atoms with Gasteiger partial charge in [0, 0.05) is 0 Å². The standard InChI is InChI=1S/C28H56O2/c1-5-8-10-12-13-14-15-16-17-18-19-21-24-27(22-7-3)25-30-28(29)26(4)23-20-11-9-6-2/h26-27H,5-25H2,1-4H3. The van der Waals surface area contributed by atoms with Crippen LogP contribution in [0.5, 0.6) is 0 Å². The Morgan fingerprint density at radius 3 is 1.50 bits per heavy atom. The van der Waals surface area contributed by atoms with Crippen molar-refractivity contribution in [1.29, 1.82) is 0 Å². The van der Waals surface area contributed by atoms with Crippen molar-refractivity contribution in [3.8, 4) is 0 Å². The van der Waals surface area contributed by atoms with Crippen LogP contribution in [0, 0.1) is 11.8 Å². The fourth-order valence-corrected chi connectivity index (χ4v) is 4.33. The first kappa shape index (κ1) is 29.5. The number of esters is 1. The van der Waals surface area contributed by atoms with E-state index in [4.69, 9.17) is 4.74 Å². The zero-order chi connectivity index (χ0) is 22.3. The summed E-state index contributed by atoms with van der Waals surface area (Å²) in [6.45, 7) is 9.43. The fraction of sp³-hybridized carbons (Fsp3) is 0.964. The van der Waals surface area contributed by atoms with E-state index in [-0.39, 0.29) is 11.9 Å². The Morgan fingerprint density at radius 1 is 0.567 bits per heavy atom. The molecule has 0 aromatic carbocycles. The van der Waals surface area contributed by atoms with Crippen LogP contribution in [0.4, 0.5) is 0 Å². The second-order valence-electron chi connectivity index (χ2n) is 9.71. The second-order valence-corrected chi connectivity index (χ2v) is 9.71. The molecule has 0 N–H and O–H groups in total. The molecule has 30 heavy (non-hydrogen) atoms. The molecule has 0 saturated heterocycles. The average Bonchev–Trinajstić information content (AvgIpc) is 2.75. The first-order valence-corrected chi connectivity index (χ1v) is 13.8. The van der Waals surface area contributed by atoms with E-state index in [1.807, 2.05) is 6.92 Å². The van der Waals surface area contributed by atoms with Gasteiger partial charge >= 0.3 is 5.97 Å². The van der Waals surface area contributed by atoms with Gasteiger partial charge in [0.1, 0.15) is 0 Å². The van der Waals surface area contributed by atoms with Crippen LogP contribution in [0.1, 0.15) is 156 Å². The van der Waals surface area contributed by atoms with Gasteiger partial charge in [-0.1, -0.05) is 137 Å². The van der Waals surface area contributed by atoms with Crippen molar-refractivity contribution in [3.63, 3.8) is 0 Å². The van der Waals surface area contributed by atoms with E-state index in [0.717, 1.165) is 12.8 Å². The molecule has 0 saturated carbocycles. The number of carbonyl (C=O) groups excluding carboxylic acids is 1. The third kappa shape index (κ3) is 19.4. The maximum absolute atomic E-state index is 12.3. The van der Waals surface area contributed by atoms with Crippen molar-refractivity contribution >= 4 is 5.97 Å². The van der Waals surface area contributed by atoms with Gasteiger partial charge in [-0.3, -0.25) is 4.79 Å². The number of hydrogen-bond acceptors (Lipinski definition) is 2. The first-order valence-electron chi connectivity index (χ1n) is 13.8. The van der Waals surface area contributed by atoms with E-state index in [1.165, 1.54) is 116 Å². The lowest BCUT2D eigenvalue weighted by Crippen LogP contribution is -2.19. The van der Waals surface area contributed by atoms with E-state index in [1.54, 1.807) is 0 Å². The lowest BCUT2D eigenvalue weighted by Gasteiger charge is -2.18. The largest absolute Gasteiger partial charge is 0.465 e. The Balaban J connectivity index is 3.69. The molecule has 2 unspecified atom stereocenters. The van der Waals surface area contributed by atoms with E-state index in [0.29, 0.717) is 12.5 Å². The highest BCUT2D eigenvalue weighted by molar-refractivity contribution is 5.71. The maximum Gasteiger partial charge on any atom is 0.308 e. The van der Waals surface area contributed by atoms with Crippen LogP contribution in [0.2, 0.25) is 0 Å². The number of carbonyl (C=O) groups is 1. The lowest BCUT2D eigenvalue weighted by atomic mass is 9.96. The summed E-state index contributed by atoms with van der Waals surface area (Å²) in [6.07, 6.45) is 26.3. The smallest absolute Gasteiger partial charge is 0.308 e. The zero-order valence-corrected chi connectivity index (χ0v) is 21.3. The Morgan fingerprint density at radius 2 is 1.00 bits per heavy atom. The molecule has 2 heteroatoms. The predicted molar refractivity (Wildman–Crippen MR) is 133 cm³/mol. The zero-order valence-electron chi connectivity index (χ0n) is 21.3. The Kier molecular flexibility index (Phi) is 22.7. The van der Waals surface area contributed by atoms with E-state index in [2.05, 4.69) is 20.8 Å². The van der Waals surface area contributed by atoms with Crippen molar-refractivity contribution < 1.29 is 9.53 Å². The van der Waals surface area contributed by atoms with Crippen LogP contribution in [-0.2, 0) is 9.53 Å². The quantitative estimate of drug-likeness (QED) is 0.120. The Labute approximate surface area is 190 Å². The summed E-state index contributed by atoms with van der Waals surface area (Å²) in [6, 6.07) is 0. The predicted octanol–water partition coefficient (Wildman–Crippen LogP) is 9.64. The second kappa shape index (κ2) is 23.1. The number of ether oxygens (including phenoxy) is 1. The van der Waals surface area contributed by atoms with Crippen molar-refractivity contribution in [2.45, 2.75) is 156 Å². The topological polar surface area (TPSA) is 26.3 Å². The summed E-state index contributed by atoms with van der Waals surface area (Å²) in [7, 11) is 0. The summed E-state index contributed by atoms with van der Waals surface area (Å²) >= 11 is 0. The summed E-state index contributed by atoms with van der Waals surface area (Å²) in [5, 5.41) is 0. The highest BCUT2D eigenvalue weighted by Crippen LogP contribution is 2.19. The molecule has 2 atom stereocenters. The van der Waals surface area contributed by atoms with Crippen LogP contribution in [0.25, 0.3) is 0 Å². The molecule has 0 spiro atoms. The van der Waals surface area contributed by atoms with Gasteiger partial charge in [0.25, 0.3) is 0 Å². The van der Waals surface area contributed by atoms with Crippen LogP contribution in [0.15, 0.2) is 0 Å². The van der Waals surface area contributed by atoms with Crippen LogP contribution in [0.3, 0.4) is 0 Å². The van der Waals surface area contributed by atoms with Gasteiger partial charge in [-0.15, -0.1) is 0 Å². The van der Waals surface area contributed by atoms with Crippen LogP contribution >= 0.6 is 0 Å². The van der Waals surface area contributed by atoms with Crippen molar-refractivity contribution in [3.05, 3.63) is 0 Å². The van der Waals surface area contributed by atoms with Gasteiger partial charge in [-0.25, -0.2) is 0 Å². The molecule has 0 rings (SSSR count). The van der Waals surface area contributed by atoms with Gasteiger partial charge in [-0.05, 0) is 25.2 Å². The van der Waals surface area contributed by atoms with E-state index in [9.17, 15) is 4.79 Å². The first-order chi connectivity index (χ1) is 14.7. The van der Waals surface area contributed by atoms with Crippen LogP contribution in [-0.4, -0.2) is 12.6 Å². The molecular formula is C28H56O2. The van der Waals surface area contributed by atoms with E-state index >= 15 is 0 Å². The molecule has 0 amide bonds. The normalized spacial score (nSPS) is 13.3. The van der Waals surface area contributed by atoms with Gasteiger partial charge in [-0.2, -0.15) is 0 Å². The van der Waals surface area contributed by atoms with Crippen molar-refractivity contribution in [2.75, 3.05) is 6.61 Å². The molecule has 0 radical (unpaired) electrons. The molecule has 0 bridgehead atoms. The van der Waals surface area contributed by atoms with Gasteiger partial charge in [0.05, 0.1) is 12.5 Å². The molecule has 180 valence electrons. The molecule has 0 fully saturated rings. The summed E-state index contributed by atoms with van der Waals surface area (Å²) < 4.78 is 5.69. The minimum atomic E-state index is 0.0299.